The molecule has 0 unspecified atom stereocenters. The van der Waals surface area contributed by atoms with Crippen LogP contribution in [0, 0.1) is 0 Å². The zero-order valence-electron chi connectivity index (χ0n) is 8.85. The lowest BCUT2D eigenvalue weighted by Gasteiger charge is -2.01. The van der Waals surface area contributed by atoms with Crippen LogP contribution in [0.25, 0.3) is 11.5 Å². The third-order valence-corrected chi connectivity index (χ3v) is 2.41. The van der Waals surface area contributed by atoms with Crippen LogP contribution in [0.4, 0.5) is 0 Å². The van der Waals surface area contributed by atoms with Gasteiger partial charge in [0.1, 0.15) is 7.85 Å². The van der Waals surface area contributed by atoms with Crippen molar-refractivity contribution < 1.29 is 0 Å². The van der Waals surface area contributed by atoms with Crippen LogP contribution in [0.2, 0.25) is 0 Å². The SMILES string of the molecule is BC(=Cc1ccccc1)c1ccccc1. The van der Waals surface area contributed by atoms with Crippen molar-refractivity contribution in [1.29, 1.82) is 0 Å². The second-order valence-corrected chi connectivity index (χ2v) is 3.60. The minimum absolute atomic E-state index is 1.25. The Morgan fingerprint density at radius 1 is 0.800 bits per heavy atom. The van der Waals surface area contributed by atoms with E-state index in [9.17, 15) is 0 Å². The van der Waals surface area contributed by atoms with Crippen molar-refractivity contribution in [3.63, 3.8) is 0 Å². The molecule has 0 bridgehead atoms. The molecule has 0 aliphatic rings. The summed E-state index contributed by atoms with van der Waals surface area (Å²) < 4.78 is 0. The van der Waals surface area contributed by atoms with Gasteiger partial charge in [0.15, 0.2) is 0 Å². The summed E-state index contributed by atoms with van der Waals surface area (Å²) in [6.07, 6.45) is 2.20. The van der Waals surface area contributed by atoms with E-state index in [4.69, 9.17) is 0 Å². The molecule has 0 nitrogen and oxygen atoms in total. The van der Waals surface area contributed by atoms with Crippen molar-refractivity contribution in [3.05, 3.63) is 71.8 Å². The van der Waals surface area contributed by atoms with Gasteiger partial charge in [-0.05, 0) is 11.1 Å². The van der Waals surface area contributed by atoms with Gasteiger partial charge in [-0.25, -0.2) is 0 Å². The Labute approximate surface area is 91.7 Å². The van der Waals surface area contributed by atoms with E-state index in [1.807, 2.05) is 12.1 Å². The Balaban J connectivity index is 2.29. The summed E-state index contributed by atoms with van der Waals surface area (Å²) in [6.45, 7) is 0. The fourth-order valence-corrected chi connectivity index (χ4v) is 1.58. The van der Waals surface area contributed by atoms with Gasteiger partial charge in [-0.3, -0.25) is 0 Å². The van der Waals surface area contributed by atoms with Gasteiger partial charge >= 0.3 is 0 Å². The van der Waals surface area contributed by atoms with Crippen molar-refractivity contribution in [3.8, 4) is 0 Å². The molecular formula is C14H13B. The number of benzene rings is 2. The van der Waals surface area contributed by atoms with Gasteiger partial charge in [0, 0.05) is 0 Å². The zero-order valence-corrected chi connectivity index (χ0v) is 8.85. The average molecular weight is 192 g/mol. The Morgan fingerprint density at radius 2 is 1.33 bits per heavy atom. The van der Waals surface area contributed by atoms with Gasteiger partial charge in [-0.15, -0.1) is 0 Å². The summed E-state index contributed by atoms with van der Waals surface area (Å²) in [5.41, 5.74) is 3.82. The minimum atomic E-state index is 1.25. The van der Waals surface area contributed by atoms with Crippen LogP contribution < -0.4 is 0 Å². The molecule has 1 heteroatoms. The van der Waals surface area contributed by atoms with Crippen LogP contribution in [0.15, 0.2) is 60.7 Å². The second kappa shape index (κ2) is 4.65. The van der Waals surface area contributed by atoms with Crippen molar-refractivity contribution in [2.24, 2.45) is 0 Å². The van der Waals surface area contributed by atoms with Crippen LogP contribution in [0.1, 0.15) is 11.1 Å². The van der Waals surface area contributed by atoms with Crippen molar-refractivity contribution in [2.45, 2.75) is 0 Å². The summed E-state index contributed by atoms with van der Waals surface area (Å²) in [4.78, 5) is 0. The fraction of sp³-hybridized carbons (Fsp3) is 0. The Kier molecular flexibility index (Phi) is 3.03. The molecular weight excluding hydrogens is 179 g/mol. The van der Waals surface area contributed by atoms with Gasteiger partial charge in [0.05, 0.1) is 0 Å². The van der Waals surface area contributed by atoms with Gasteiger partial charge in [-0.2, -0.15) is 0 Å². The first-order valence-corrected chi connectivity index (χ1v) is 5.15. The quantitative estimate of drug-likeness (QED) is 0.507. The van der Waals surface area contributed by atoms with Gasteiger partial charge in [0.2, 0.25) is 0 Å². The van der Waals surface area contributed by atoms with E-state index >= 15 is 0 Å². The molecule has 0 aliphatic carbocycles. The molecule has 0 aromatic heterocycles. The van der Waals surface area contributed by atoms with Crippen LogP contribution in [-0.2, 0) is 0 Å². The maximum atomic E-state index is 2.20. The summed E-state index contributed by atoms with van der Waals surface area (Å²) in [5, 5.41) is 0. The van der Waals surface area contributed by atoms with E-state index in [0.717, 1.165) is 0 Å². The fourth-order valence-electron chi connectivity index (χ4n) is 1.58. The molecule has 0 radical (unpaired) electrons. The molecule has 2 aromatic rings. The van der Waals surface area contributed by atoms with Gasteiger partial charge < -0.3 is 0 Å². The normalized spacial score (nSPS) is 11.3. The van der Waals surface area contributed by atoms with Crippen molar-refractivity contribution in [2.75, 3.05) is 0 Å². The summed E-state index contributed by atoms with van der Waals surface area (Å²) in [5.74, 6) is 0. The standard InChI is InChI=1S/C14H13B/c15-14(13-9-5-2-6-10-13)11-12-7-3-1-4-8-12/h1-11H,15H2. The lowest BCUT2D eigenvalue weighted by atomic mass is 9.87. The molecule has 0 aliphatic heterocycles. The van der Waals surface area contributed by atoms with Crippen molar-refractivity contribution in [1.82, 2.24) is 0 Å². The lowest BCUT2D eigenvalue weighted by molar-refractivity contribution is 1.64. The predicted octanol–water partition coefficient (Wildman–Crippen LogP) is 2.82. The molecule has 0 atom stereocenters. The summed E-state index contributed by atoms with van der Waals surface area (Å²) in [6, 6.07) is 20.8. The van der Waals surface area contributed by atoms with Crippen LogP contribution >= 0.6 is 0 Å². The molecule has 0 fully saturated rings. The molecule has 0 amide bonds. The Morgan fingerprint density at radius 3 is 1.93 bits per heavy atom. The van der Waals surface area contributed by atoms with E-state index < -0.39 is 0 Å². The molecule has 0 N–H and O–H groups in total. The Hall–Kier alpha value is -1.76. The average Bonchev–Trinajstić information content (AvgIpc) is 2.31. The zero-order chi connectivity index (χ0) is 10.5. The van der Waals surface area contributed by atoms with E-state index in [0.29, 0.717) is 0 Å². The highest BCUT2D eigenvalue weighted by Gasteiger charge is 1.93. The first-order chi connectivity index (χ1) is 7.36. The van der Waals surface area contributed by atoms with Crippen molar-refractivity contribution >= 4 is 19.4 Å². The predicted molar refractivity (Wildman–Crippen MR) is 69.3 cm³/mol. The molecule has 0 saturated carbocycles. The number of hydrogen-bond donors (Lipinski definition) is 0. The number of hydrogen-bond acceptors (Lipinski definition) is 0. The monoisotopic (exact) mass is 192 g/mol. The molecule has 15 heavy (non-hydrogen) atoms. The number of rotatable bonds is 2. The van der Waals surface area contributed by atoms with Crippen LogP contribution in [0.5, 0.6) is 0 Å². The molecule has 0 heterocycles. The molecule has 2 aromatic carbocycles. The molecule has 0 saturated heterocycles. The van der Waals surface area contributed by atoms with E-state index in [2.05, 4.69) is 62.5 Å². The largest absolute Gasteiger partial charge is 0.140 e. The van der Waals surface area contributed by atoms with Crippen LogP contribution in [-0.4, -0.2) is 7.85 Å². The smallest absolute Gasteiger partial charge is 0.0813 e. The maximum absolute atomic E-state index is 2.20. The topological polar surface area (TPSA) is 0 Å². The van der Waals surface area contributed by atoms with E-state index in [1.165, 1.54) is 16.6 Å². The van der Waals surface area contributed by atoms with Crippen LogP contribution in [0.3, 0.4) is 0 Å². The molecule has 0 spiro atoms. The second-order valence-electron chi connectivity index (χ2n) is 3.60. The van der Waals surface area contributed by atoms with Gasteiger partial charge in [-0.1, -0.05) is 72.2 Å². The summed E-state index contributed by atoms with van der Waals surface area (Å²) >= 11 is 0. The highest BCUT2D eigenvalue weighted by atomic mass is 13.9. The first-order valence-electron chi connectivity index (χ1n) is 5.15. The lowest BCUT2D eigenvalue weighted by Crippen LogP contribution is -1.82. The minimum Gasteiger partial charge on any atom is -0.0813 e. The highest BCUT2D eigenvalue weighted by molar-refractivity contribution is 6.45. The third-order valence-electron chi connectivity index (χ3n) is 2.41. The molecule has 72 valence electrons. The molecule has 2 rings (SSSR count). The third kappa shape index (κ3) is 2.60. The summed E-state index contributed by atoms with van der Waals surface area (Å²) in [7, 11) is 2.14. The van der Waals surface area contributed by atoms with Gasteiger partial charge in [0.25, 0.3) is 0 Å². The van der Waals surface area contributed by atoms with E-state index in [1.54, 1.807) is 0 Å². The maximum Gasteiger partial charge on any atom is 0.140 e. The highest BCUT2D eigenvalue weighted by Crippen LogP contribution is 2.14. The first kappa shape index (κ1) is 9.79. The Bertz CT molecular complexity index is 443. The van der Waals surface area contributed by atoms with E-state index in [-0.39, 0.29) is 0 Å².